The van der Waals surface area contributed by atoms with E-state index < -0.39 is 0 Å². The Hall–Kier alpha value is -1.82. The van der Waals surface area contributed by atoms with E-state index in [1.807, 2.05) is 12.1 Å². The number of benzene rings is 1. The number of hydrogen-bond donors (Lipinski definition) is 1. The van der Waals surface area contributed by atoms with Crippen LogP contribution in [0.4, 0.5) is 5.69 Å². The van der Waals surface area contributed by atoms with Crippen molar-refractivity contribution in [1.29, 1.82) is 0 Å². The highest BCUT2D eigenvalue weighted by Gasteiger charge is 2.05. The fraction of sp³-hybridized carbons (Fsp3) is 0.231. The molecule has 0 saturated carbocycles. The van der Waals surface area contributed by atoms with E-state index in [4.69, 9.17) is 10.5 Å². The Labute approximate surface area is 119 Å². The lowest BCUT2D eigenvalue weighted by Gasteiger charge is -2.10. The highest BCUT2D eigenvalue weighted by atomic mass is 79.9. The predicted octanol–water partition coefficient (Wildman–Crippen LogP) is 1.98. The van der Waals surface area contributed by atoms with Crippen molar-refractivity contribution in [1.82, 2.24) is 9.55 Å². The van der Waals surface area contributed by atoms with Gasteiger partial charge < -0.3 is 10.5 Å². The van der Waals surface area contributed by atoms with Crippen LogP contribution in [0, 0.1) is 6.92 Å². The summed E-state index contributed by atoms with van der Waals surface area (Å²) in [5.41, 5.74) is 6.90. The van der Waals surface area contributed by atoms with Gasteiger partial charge in [0.05, 0.1) is 24.3 Å². The lowest BCUT2D eigenvalue weighted by atomic mass is 10.3. The third-order valence-corrected chi connectivity index (χ3v) is 3.58. The van der Waals surface area contributed by atoms with Crippen LogP contribution in [0.3, 0.4) is 0 Å². The largest absolute Gasteiger partial charge is 0.490 e. The molecule has 2 N–H and O–H groups in total. The van der Waals surface area contributed by atoms with Gasteiger partial charge in [0.25, 0.3) is 5.56 Å². The number of hydrogen-bond acceptors (Lipinski definition) is 4. The first-order valence-corrected chi connectivity index (χ1v) is 6.57. The average molecular weight is 324 g/mol. The number of nitrogen functional groups attached to an aromatic ring is 1. The van der Waals surface area contributed by atoms with Gasteiger partial charge in [-0.25, -0.2) is 4.98 Å². The number of aromatic nitrogens is 2. The predicted molar refractivity (Wildman–Crippen MR) is 77.3 cm³/mol. The Morgan fingerprint density at radius 3 is 2.89 bits per heavy atom. The minimum Gasteiger partial charge on any atom is -0.490 e. The molecular formula is C13H14BrN3O2. The second kappa shape index (κ2) is 5.88. The van der Waals surface area contributed by atoms with Crippen molar-refractivity contribution >= 4 is 21.6 Å². The van der Waals surface area contributed by atoms with Gasteiger partial charge in [-0.2, -0.15) is 0 Å². The van der Waals surface area contributed by atoms with Crippen LogP contribution in [0.1, 0.15) is 5.69 Å². The van der Waals surface area contributed by atoms with E-state index in [2.05, 4.69) is 20.9 Å². The zero-order valence-electron chi connectivity index (χ0n) is 10.5. The number of anilines is 1. The minimum atomic E-state index is -0.114. The van der Waals surface area contributed by atoms with E-state index in [-0.39, 0.29) is 5.56 Å². The molecule has 0 aliphatic carbocycles. The van der Waals surface area contributed by atoms with E-state index in [1.54, 1.807) is 19.1 Å². The lowest BCUT2D eigenvalue weighted by molar-refractivity contribution is 0.297. The molecule has 6 heteroatoms. The van der Waals surface area contributed by atoms with Gasteiger partial charge in [0.2, 0.25) is 0 Å². The zero-order chi connectivity index (χ0) is 13.8. The third-order valence-electron chi connectivity index (χ3n) is 2.67. The van der Waals surface area contributed by atoms with Crippen LogP contribution in [0.2, 0.25) is 0 Å². The Morgan fingerprint density at radius 2 is 2.16 bits per heavy atom. The van der Waals surface area contributed by atoms with Gasteiger partial charge in [0.15, 0.2) is 0 Å². The van der Waals surface area contributed by atoms with Gasteiger partial charge in [0.1, 0.15) is 16.8 Å². The first-order valence-electron chi connectivity index (χ1n) is 5.78. The third kappa shape index (κ3) is 3.14. The summed E-state index contributed by atoms with van der Waals surface area (Å²) in [6.45, 7) is 2.54. The molecule has 2 rings (SSSR count). The summed E-state index contributed by atoms with van der Waals surface area (Å²) in [7, 11) is 0. The molecule has 1 aromatic carbocycles. The number of rotatable bonds is 4. The van der Waals surface area contributed by atoms with Crippen LogP contribution >= 0.6 is 15.9 Å². The second-order valence-corrected chi connectivity index (χ2v) is 4.82. The first-order chi connectivity index (χ1) is 9.09. The molecule has 0 atom stereocenters. The molecule has 0 radical (unpaired) electrons. The van der Waals surface area contributed by atoms with Gasteiger partial charge >= 0.3 is 0 Å². The van der Waals surface area contributed by atoms with E-state index in [0.29, 0.717) is 34.8 Å². The molecule has 0 aliphatic rings. The van der Waals surface area contributed by atoms with Gasteiger partial charge in [-0.1, -0.05) is 12.1 Å². The summed E-state index contributed by atoms with van der Waals surface area (Å²) in [4.78, 5) is 16.0. The molecule has 1 aromatic heterocycles. The summed E-state index contributed by atoms with van der Waals surface area (Å²) >= 11 is 3.22. The number of nitrogens with two attached hydrogens (primary N) is 1. The molecular weight excluding hydrogens is 310 g/mol. The SMILES string of the molecule is Cc1ncn(CCOc2ccccc2N)c(=O)c1Br. The Balaban J connectivity index is 2.03. The Morgan fingerprint density at radius 1 is 1.42 bits per heavy atom. The monoisotopic (exact) mass is 323 g/mol. The summed E-state index contributed by atoms with van der Waals surface area (Å²) in [5, 5.41) is 0. The van der Waals surface area contributed by atoms with Crippen molar-refractivity contribution in [2.24, 2.45) is 0 Å². The molecule has 0 saturated heterocycles. The van der Waals surface area contributed by atoms with E-state index in [0.717, 1.165) is 0 Å². The van der Waals surface area contributed by atoms with Gasteiger partial charge in [0, 0.05) is 0 Å². The van der Waals surface area contributed by atoms with Crippen molar-refractivity contribution in [3.63, 3.8) is 0 Å². The van der Waals surface area contributed by atoms with Crippen LogP contribution < -0.4 is 16.0 Å². The molecule has 0 aliphatic heterocycles. The number of aryl methyl sites for hydroxylation is 1. The summed E-state index contributed by atoms with van der Waals surface area (Å²) in [6, 6.07) is 7.25. The van der Waals surface area contributed by atoms with Gasteiger partial charge in [-0.3, -0.25) is 9.36 Å². The van der Waals surface area contributed by atoms with Gasteiger partial charge in [-0.05, 0) is 35.0 Å². The molecule has 1 heterocycles. The molecule has 0 fully saturated rings. The van der Waals surface area contributed by atoms with Crippen LogP contribution in [0.15, 0.2) is 39.9 Å². The summed E-state index contributed by atoms with van der Waals surface area (Å²) < 4.78 is 7.52. The lowest BCUT2D eigenvalue weighted by Crippen LogP contribution is -2.24. The molecule has 0 bridgehead atoms. The van der Waals surface area contributed by atoms with Crippen molar-refractivity contribution < 1.29 is 4.74 Å². The summed E-state index contributed by atoms with van der Waals surface area (Å²) in [6.07, 6.45) is 1.51. The van der Waals surface area contributed by atoms with Crippen LogP contribution in [-0.4, -0.2) is 16.2 Å². The Kier molecular flexibility index (Phi) is 4.21. The number of ether oxygens (including phenoxy) is 1. The molecule has 0 spiro atoms. The fourth-order valence-electron chi connectivity index (χ4n) is 1.57. The fourth-order valence-corrected chi connectivity index (χ4v) is 1.90. The zero-order valence-corrected chi connectivity index (χ0v) is 12.1. The highest BCUT2D eigenvalue weighted by molar-refractivity contribution is 9.10. The van der Waals surface area contributed by atoms with E-state index >= 15 is 0 Å². The van der Waals surface area contributed by atoms with E-state index in [9.17, 15) is 4.79 Å². The molecule has 0 amide bonds. The molecule has 100 valence electrons. The van der Waals surface area contributed by atoms with Crippen LogP contribution in [-0.2, 0) is 6.54 Å². The van der Waals surface area contributed by atoms with Crippen LogP contribution in [0.25, 0.3) is 0 Å². The topological polar surface area (TPSA) is 70.1 Å². The van der Waals surface area contributed by atoms with Crippen molar-refractivity contribution in [3.8, 4) is 5.75 Å². The smallest absolute Gasteiger partial charge is 0.267 e. The van der Waals surface area contributed by atoms with E-state index in [1.165, 1.54) is 10.9 Å². The summed E-state index contributed by atoms with van der Waals surface area (Å²) in [5.74, 6) is 0.620. The molecule has 5 nitrogen and oxygen atoms in total. The molecule has 2 aromatic rings. The molecule has 0 unspecified atom stereocenters. The standard InChI is InChI=1S/C13H14BrN3O2/c1-9-12(14)13(18)17(8-16-9)6-7-19-11-5-3-2-4-10(11)15/h2-5,8H,6-7,15H2,1H3. The van der Waals surface area contributed by atoms with Crippen molar-refractivity contribution in [2.75, 3.05) is 12.3 Å². The van der Waals surface area contributed by atoms with Gasteiger partial charge in [-0.15, -0.1) is 0 Å². The normalized spacial score (nSPS) is 10.4. The second-order valence-electron chi connectivity index (χ2n) is 4.03. The van der Waals surface area contributed by atoms with Crippen LogP contribution in [0.5, 0.6) is 5.75 Å². The highest BCUT2D eigenvalue weighted by Crippen LogP contribution is 2.19. The quantitative estimate of drug-likeness (QED) is 0.873. The molecule has 19 heavy (non-hydrogen) atoms. The van der Waals surface area contributed by atoms with Crippen molar-refractivity contribution in [2.45, 2.75) is 13.5 Å². The maximum absolute atomic E-state index is 11.9. The van der Waals surface area contributed by atoms with Crippen molar-refractivity contribution in [3.05, 3.63) is 51.1 Å². The minimum absolute atomic E-state index is 0.114. The first kappa shape index (κ1) is 13.6. The number of para-hydroxylation sites is 2. The Bertz CT molecular complexity index is 640. The maximum Gasteiger partial charge on any atom is 0.267 e. The maximum atomic E-state index is 11.9. The average Bonchev–Trinajstić information content (AvgIpc) is 2.41. The number of halogens is 1. The number of nitrogens with zero attached hydrogens (tertiary/aromatic N) is 2.